The Morgan fingerprint density at radius 1 is 0.985 bits per heavy atom. The van der Waals surface area contributed by atoms with E-state index in [9.17, 15) is 22.9 Å². The molecule has 0 bridgehead atoms. The number of carbonyl (C=O) groups excluding carboxylic acids is 1. The van der Waals surface area contributed by atoms with Crippen LogP contribution in [-0.2, 0) is 17.7 Å². The molecule has 1 fully saturated rings. The lowest BCUT2D eigenvalue weighted by molar-refractivity contribution is -0.0382. The van der Waals surface area contributed by atoms with Crippen LogP contribution >= 0.6 is 7.14 Å². The minimum Gasteiger partial charge on any atom is -0.387 e. The second kappa shape index (κ2) is 17.4. The molecule has 67 heavy (non-hydrogen) atoms. The molecule has 0 saturated heterocycles. The molecule has 1 aliphatic heterocycles. The topological polar surface area (TPSA) is 158 Å². The quantitative estimate of drug-likeness (QED) is 0.115. The third-order valence-corrected chi connectivity index (χ3v) is 17.4. The summed E-state index contributed by atoms with van der Waals surface area (Å²) in [4.78, 5) is 46.4. The van der Waals surface area contributed by atoms with Gasteiger partial charge >= 0.3 is 11.4 Å². The van der Waals surface area contributed by atoms with Crippen LogP contribution in [0.5, 0.6) is 0 Å². The van der Waals surface area contributed by atoms with Gasteiger partial charge in [-0.05, 0) is 105 Å². The first kappa shape index (κ1) is 45.8. The van der Waals surface area contributed by atoms with Crippen LogP contribution in [0.25, 0.3) is 33.5 Å². The maximum absolute atomic E-state index is 15.3. The zero-order valence-corrected chi connectivity index (χ0v) is 39.6. The van der Waals surface area contributed by atoms with Crippen molar-refractivity contribution in [3.63, 3.8) is 0 Å². The van der Waals surface area contributed by atoms with Crippen molar-refractivity contribution in [1.82, 2.24) is 38.5 Å². The van der Waals surface area contributed by atoms with Crippen LogP contribution < -0.4 is 22.1 Å². The Morgan fingerprint density at radius 3 is 2.34 bits per heavy atom. The molecular weight excluding hydrogens is 883 g/mol. The highest BCUT2D eigenvalue weighted by Gasteiger charge is 2.38. The Bertz CT molecular complexity index is 3190. The van der Waals surface area contributed by atoms with E-state index < -0.39 is 30.6 Å². The number of aromatic amines is 1. The van der Waals surface area contributed by atoms with Gasteiger partial charge in [0.1, 0.15) is 30.0 Å². The summed E-state index contributed by atoms with van der Waals surface area (Å²) >= 11 is 0. The lowest BCUT2D eigenvalue weighted by Crippen LogP contribution is -2.42. The number of imidazole rings is 1. The van der Waals surface area contributed by atoms with Gasteiger partial charge in [0, 0.05) is 91.1 Å². The largest absolute Gasteiger partial charge is 0.438 e. The highest BCUT2D eigenvalue weighted by Crippen LogP contribution is 2.46. The van der Waals surface area contributed by atoms with Crippen molar-refractivity contribution < 1.29 is 27.1 Å². The SMILES string of the molecule is CCP(=O)(CC)c1ccc(-n2ccn(-c3c(-c4cc(C)c(F)c(C)c4)nn4c3C(C)N(C(=O)c3cc5cc(C6CCC(F)(F)CC6)ccc5n3C[C@H](C)c3noc(=O)[nH]3)CC4)c2=O)cc1NC. The minimum absolute atomic E-state index is 0.0434. The summed E-state index contributed by atoms with van der Waals surface area (Å²) in [5, 5.41) is 13.7. The number of aromatic nitrogens is 7. The fourth-order valence-electron chi connectivity index (χ4n) is 10.2. The predicted octanol–water partition coefficient (Wildman–Crippen LogP) is 9.26. The predicted molar refractivity (Wildman–Crippen MR) is 253 cm³/mol. The van der Waals surface area contributed by atoms with E-state index in [1.165, 1.54) is 9.13 Å². The molecule has 2 N–H and O–H groups in total. The molecule has 3 aromatic carbocycles. The summed E-state index contributed by atoms with van der Waals surface area (Å²) < 4.78 is 68.9. The van der Waals surface area contributed by atoms with Gasteiger partial charge in [0.15, 0.2) is 5.82 Å². The van der Waals surface area contributed by atoms with Gasteiger partial charge in [-0.15, -0.1) is 0 Å². The van der Waals surface area contributed by atoms with Crippen molar-refractivity contribution in [2.75, 3.05) is 31.2 Å². The number of rotatable bonds is 12. The third-order valence-electron chi connectivity index (χ3n) is 14.1. The lowest BCUT2D eigenvalue weighted by Gasteiger charge is -2.35. The number of aryl methyl sites for hydroxylation is 2. The molecule has 5 heterocycles. The summed E-state index contributed by atoms with van der Waals surface area (Å²) in [6.07, 6.45) is 4.70. The van der Waals surface area contributed by atoms with Crippen LogP contribution in [-0.4, -0.2) is 76.3 Å². The standard InChI is InChI=1S/C49H55F3N9O5P/c1-8-67(65,9-2)40-13-11-36(26-37(40)53-7)58-18-19-59(48(58)64)44-42(35-22-28(3)41(50)29(4)23-35)55-61-21-20-57(31(6)43(44)61)46(62)39-25-34-24-33(32-14-16-49(51,52)17-15-32)10-12-38(34)60(39)27-30(5)45-54-47(63)66-56-45/h10-13,18-19,22-26,30-32,53H,8-9,14-17,20-21,27H2,1-7H3,(H,54,56,63)/t30-,31?/m0/s1. The van der Waals surface area contributed by atoms with Crippen molar-refractivity contribution in [3.05, 3.63) is 128 Å². The monoisotopic (exact) mass is 937 g/mol. The van der Waals surface area contributed by atoms with E-state index in [2.05, 4.69) is 15.5 Å². The smallest absolute Gasteiger partial charge is 0.387 e. The van der Waals surface area contributed by atoms with Gasteiger partial charge in [-0.2, -0.15) is 5.10 Å². The normalized spacial score (nSPS) is 17.0. The van der Waals surface area contributed by atoms with Gasteiger partial charge in [-0.3, -0.25) is 28.1 Å². The number of alkyl halides is 2. The number of fused-ring (bicyclic) bond motifs is 2. The van der Waals surface area contributed by atoms with Crippen LogP contribution in [0.4, 0.5) is 18.9 Å². The van der Waals surface area contributed by atoms with Crippen LogP contribution in [0.1, 0.15) is 110 Å². The second-order valence-corrected chi connectivity index (χ2v) is 21.7. The zero-order chi connectivity index (χ0) is 47.7. The van der Waals surface area contributed by atoms with Gasteiger partial charge in [0.05, 0.1) is 24.0 Å². The molecule has 1 amide bonds. The van der Waals surface area contributed by atoms with E-state index in [-0.39, 0.29) is 56.0 Å². The summed E-state index contributed by atoms with van der Waals surface area (Å²) in [6, 6.07) is 15.9. The zero-order valence-electron chi connectivity index (χ0n) is 38.7. The molecule has 1 saturated carbocycles. The van der Waals surface area contributed by atoms with Crippen LogP contribution in [0, 0.1) is 19.7 Å². The Morgan fingerprint density at radius 2 is 1.69 bits per heavy atom. The molecule has 2 atom stereocenters. The highest BCUT2D eigenvalue weighted by molar-refractivity contribution is 7.71. The van der Waals surface area contributed by atoms with E-state index in [1.807, 2.05) is 73.3 Å². The van der Waals surface area contributed by atoms with Crippen LogP contribution in [0.15, 0.2) is 81.1 Å². The van der Waals surface area contributed by atoms with E-state index in [4.69, 9.17) is 9.62 Å². The van der Waals surface area contributed by atoms with Crippen molar-refractivity contribution >= 4 is 34.9 Å². The first-order chi connectivity index (χ1) is 31.9. The van der Waals surface area contributed by atoms with E-state index in [0.717, 1.165) is 21.8 Å². The maximum Gasteiger partial charge on any atom is 0.438 e. The van der Waals surface area contributed by atoms with Gasteiger partial charge in [0.25, 0.3) is 5.91 Å². The number of nitrogens with zero attached hydrogens (tertiary/aromatic N) is 7. The number of hydrogen-bond donors (Lipinski definition) is 2. The number of anilines is 1. The lowest BCUT2D eigenvalue weighted by atomic mass is 9.82. The maximum atomic E-state index is 15.3. The molecule has 0 spiro atoms. The third kappa shape index (κ3) is 8.08. The Labute approximate surface area is 385 Å². The fourth-order valence-corrected chi connectivity index (χ4v) is 12.3. The van der Waals surface area contributed by atoms with Crippen molar-refractivity contribution in [1.29, 1.82) is 0 Å². The van der Waals surface area contributed by atoms with E-state index in [0.29, 0.717) is 81.8 Å². The molecule has 1 aliphatic carbocycles. The average molecular weight is 938 g/mol. The van der Waals surface area contributed by atoms with Gasteiger partial charge in [0.2, 0.25) is 5.92 Å². The number of amides is 1. The van der Waals surface area contributed by atoms with Crippen LogP contribution in [0.3, 0.4) is 0 Å². The van der Waals surface area contributed by atoms with Gasteiger partial charge < -0.3 is 19.3 Å². The number of benzene rings is 3. The van der Waals surface area contributed by atoms with Gasteiger partial charge in [-0.1, -0.05) is 32.0 Å². The summed E-state index contributed by atoms with van der Waals surface area (Å²) in [6.45, 7) is 11.7. The van der Waals surface area contributed by atoms with Gasteiger partial charge in [-0.25, -0.2) is 22.8 Å². The van der Waals surface area contributed by atoms with E-state index in [1.54, 1.807) is 56.4 Å². The van der Waals surface area contributed by atoms with Crippen molar-refractivity contribution in [2.24, 2.45) is 0 Å². The molecule has 352 valence electrons. The Balaban J connectivity index is 1.15. The Kier molecular flexibility index (Phi) is 11.9. The summed E-state index contributed by atoms with van der Waals surface area (Å²) in [7, 11) is -0.906. The molecule has 2 aliphatic rings. The summed E-state index contributed by atoms with van der Waals surface area (Å²) in [5.74, 6) is -4.10. The minimum atomic E-state index is -2.67. The second-order valence-electron chi connectivity index (χ2n) is 18.2. The molecule has 14 nitrogen and oxygen atoms in total. The molecule has 4 aromatic heterocycles. The van der Waals surface area contributed by atoms with Crippen LogP contribution in [0.2, 0.25) is 0 Å². The Hall–Kier alpha value is -6.35. The van der Waals surface area contributed by atoms with Crippen molar-refractivity contribution in [3.8, 4) is 22.6 Å². The molecule has 7 aromatic rings. The first-order valence-electron chi connectivity index (χ1n) is 22.9. The number of H-pyrrole nitrogens is 1. The number of nitrogens with one attached hydrogen (secondary N) is 2. The van der Waals surface area contributed by atoms with Crippen molar-refractivity contribution in [2.45, 2.75) is 104 Å². The molecule has 9 rings (SSSR count). The highest BCUT2D eigenvalue weighted by atomic mass is 31.2. The average Bonchev–Trinajstić information content (AvgIpc) is 4.11. The summed E-state index contributed by atoms with van der Waals surface area (Å²) in [5.41, 5.74) is 5.78. The van der Waals surface area contributed by atoms with E-state index >= 15 is 9.18 Å². The number of halogens is 3. The number of carbonyl (C=O) groups is 1. The molecule has 1 unspecified atom stereocenters. The molecule has 0 radical (unpaired) electrons. The fraction of sp³-hybridized carbons (Fsp3) is 0.408. The molecular formula is C49H55F3N9O5P. The number of hydrogen-bond acceptors (Lipinski definition) is 8. The first-order valence-corrected chi connectivity index (χ1v) is 25.0. The molecule has 18 heteroatoms.